The van der Waals surface area contributed by atoms with Crippen LogP contribution in [0, 0.1) is 0 Å². The first-order chi connectivity index (χ1) is 16.0. The maximum Gasteiger partial charge on any atom is 0.417 e. The SMILES string of the molecule is O=C(c1ncc(Cl)cc1NS(=O)(=O)c1ccc(Cl)c(C(F)(F)F)c1)N1CCCc2cccnc21. The number of nitrogens with one attached hydrogen (secondary N) is 1. The predicted octanol–water partition coefficient (Wildman–Crippen LogP) is 5.20. The number of benzene rings is 1. The van der Waals surface area contributed by atoms with Crippen molar-refractivity contribution in [2.24, 2.45) is 0 Å². The minimum atomic E-state index is -4.87. The van der Waals surface area contributed by atoms with Gasteiger partial charge in [0.2, 0.25) is 0 Å². The van der Waals surface area contributed by atoms with E-state index in [2.05, 4.69) is 14.7 Å². The molecule has 1 aliphatic heterocycles. The van der Waals surface area contributed by atoms with Crippen molar-refractivity contribution in [1.82, 2.24) is 9.97 Å². The fraction of sp³-hybridized carbons (Fsp3) is 0.190. The summed E-state index contributed by atoms with van der Waals surface area (Å²) in [6.45, 7) is 0.325. The summed E-state index contributed by atoms with van der Waals surface area (Å²) >= 11 is 11.6. The molecule has 0 unspecified atom stereocenters. The van der Waals surface area contributed by atoms with Crippen LogP contribution in [0.2, 0.25) is 10.0 Å². The van der Waals surface area contributed by atoms with Gasteiger partial charge in [0.1, 0.15) is 5.82 Å². The summed E-state index contributed by atoms with van der Waals surface area (Å²) in [4.78, 5) is 22.2. The topological polar surface area (TPSA) is 92.3 Å². The first kappa shape index (κ1) is 24.2. The first-order valence-corrected chi connectivity index (χ1v) is 12.0. The van der Waals surface area contributed by atoms with Crippen LogP contribution in [0.5, 0.6) is 0 Å². The second kappa shape index (κ2) is 9.05. The second-order valence-electron chi connectivity index (χ2n) is 7.34. The highest BCUT2D eigenvalue weighted by atomic mass is 35.5. The molecule has 4 rings (SSSR count). The molecule has 0 saturated heterocycles. The third-order valence-corrected chi connectivity index (χ3v) is 6.95. The van der Waals surface area contributed by atoms with E-state index in [1.165, 1.54) is 17.3 Å². The van der Waals surface area contributed by atoms with Gasteiger partial charge in [0.15, 0.2) is 5.69 Å². The van der Waals surface area contributed by atoms with E-state index in [9.17, 15) is 26.4 Å². The highest BCUT2D eigenvalue weighted by Gasteiger charge is 2.35. The largest absolute Gasteiger partial charge is 0.417 e. The number of amides is 1. The van der Waals surface area contributed by atoms with Crippen molar-refractivity contribution in [3.8, 4) is 0 Å². The van der Waals surface area contributed by atoms with Crippen LogP contribution >= 0.6 is 23.2 Å². The Morgan fingerprint density at radius 2 is 1.88 bits per heavy atom. The van der Waals surface area contributed by atoms with E-state index >= 15 is 0 Å². The lowest BCUT2D eigenvalue weighted by Gasteiger charge is -2.28. The van der Waals surface area contributed by atoms with Gasteiger partial charge in [-0.15, -0.1) is 0 Å². The first-order valence-electron chi connectivity index (χ1n) is 9.78. The quantitative estimate of drug-likeness (QED) is 0.500. The summed E-state index contributed by atoms with van der Waals surface area (Å²) in [6, 6.07) is 6.90. The van der Waals surface area contributed by atoms with Crippen LogP contribution in [-0.4, -0.2) is 30.8 Å². The number of sulfonamides is 1. The van der Waals surface area contributed by atoms with E-state index in [0.29, 0.717) is 24.8 Å². The summed E-state index contributed by atoms with van der Waals surface area (Å²) in [5.41, 5.74) is -1.03. The van der Waals surface area contributed by atoms with Gasteiger partial charge in [-0.25, -0.2) is 18.4 Å². The van der Waals surface area contributed by atoms with Crippen LogP contribution in [0.1, 0.15) is 28.0 Å². The highest BCUT2D eigenvalue weighted by molar-refractivity contribution is 7.92. The zero-order valence-electron chi connectivity index (χ0n) is 17.1. The van der Waals surface area contributed by atoms with Crippen molar-refractivity contribution >= 4 is 50.6 Å². The van der Waals surface area contributed by atoms with Crippen LogP contribution in [0.15, 0.2) is 53.7 Å². The van der Waals surface area contributed by atoms with E-state index in [0.717, 1.165) is 30.2 Å². The van der Waals surface area contributed by atoms with Gasteiger partial charge in [0.05, 0.1) is 26.2 Å². The van der Waals surface area contributed by atoms with Gasteiger partial charge in [-0.3, -0.25) is 14.4 Å². The molecule has 2 aromatic heterocycles. The molecule has 1 aliphatic rings. The monoisotopic (exact) mass is 530 g/mol. The smallest absolute Gasteiger partial charge is 0.291 e. The fourth-order valence-electron chi connectivity index (χ4n) is 3.51. The molecule has 0 fully saturated rings. The van der Waals surface area contributed by atoms with Crippen molar-refractivity contribution in [2.75, 3.05) is 16.2 Å². The van der Waals surface area contributed by atoms with E-state index in [1.807, 2.05) is 6.07 Å². The number of nitrogens with zero attached hydrogens (tertiary/aromatic N) is 3. The Morgan fingerprint density at radius 1 is 1.12 bits per heavy atom. The average Bonchev–Trinajstić information content (AvgIpc) is 2.77. The Balaban J connectivity index is 1.72. The second-order valence-corrected chi connectivity index (χ2v) is 9.87. The van der Waals surface area contributed by atoms with Crippen LogP contribution in [-0.2, 0) is 22.6 Å². The molecular weight excluding hydrogens is 516 g/mol. The number of aromatic nitrogens is 2. The summed E-state index contributed by atoms with van der Waals surface area (Å²) in [6.07, 6.45) is -0.791. The predicted molar refractivity (Wildman–Crippen MR) is 121 cm³/mol. The number of aryl methyl sites for hydroxylation is 1. The number of carbonyl (C=O) groups excluding carboxylic acids is 1. The Kier molecular flexibility index (Phi) is 6.45. The number of hydrogen-bond donors (Lipinski definition) is 1. The van der Waals surface area contributed by atoms with Gasteiger partial charge in [0, 0.05) is 18.9 Å². The Bertz CT molecular complexity index is 1380. The van der Waals surface area contributed by atoms with E-state index in [1.54, 1.807) is 6.07 Å². The Labute approximate surface area is 202 Å². The van der Waals surface area contributed by atoms with Gasteiger partial charge in [0.25, 0.3) is 15.9 Å². The zero-order valence-corrected chi connectivity index (χ0v) is 19.4. The Hall–Kier alpha value is -2.89. The summed E-state index contributed by atoms with van der Waals surface area (Å²) < 4.78 is 67.6. The highest BCUT2D eigenvalue weighted by Crippen LogP contribution is 2.36. The number of rotatable bonds is 4. The molecule has 1 amide bonds. The number of anilines is 2. The molecule has 0 spiro atoms. The standard InChI is InChI=1S/C21H15Cl2F3N4O3S/c22-13-9-17(29-34(32,33)14-5-6-16(23)15(10-14)21(24,25)26)18(28-11-13)20(31)30-8-2-4-12-3-1-7-27-19(12)30/h1,3,5-7,9-11,29H,2,4,8H2. The molecular formula is C21H15Cl2F3N4O3S. The lowest BCUT2D eigenvalue weighted by Crippen LogP contribution is -2.37. The molecule has 34 heavy (non-hydrogen) atoms. The van der Waals surface area contributed by atoms with Gasteiger partial charge in [-0.1, -0.05) is 29.3 Å². The van der Waals surface area contributed by atoms with Crippen molar-refractivity contribution in [3.63, 3.8) is 0 Å². The molecule has 13 heteroatoms. The van der Waals surface area contributed by atoms with Crippen molar-refractivity contribution in [3.05, 3.63) is 75.7 Å². The van der Waals surface area contributed by atoms with E-state index in [4.69, 9.17) is 23.2 Å². The van der Waals surface area contributed by atoms with E-state index < -0.39 is 37.6 Å². The molecule has 0 atom stereocenters. The normalized spacial score (nSPS) is 14.0. The molecule has 1 N–H and O–H groups in total. The number of alkyl halides is 3. The summed E-state index contributed by atoms with van der Waals surface area (Å²) in [7, 11) is -4.57. The minimum Gasteiger partial charge on any atom is -0.291 e. The van der Waals surface area contributed by atoms with Crippen molar-refractivity contribution < 1.29 is 26.4 Å². The molecule has 0 radical (unpaired) electrons. The lowest BCUT2D eigenvalue weighted by molar-refractivity contribution is -0.137. The molecule has 0 bridgehead atoms. The molecule has 1 aromatic carbocycles. The van der Waals surface area contributed by atoms with Gasteiger partial charge in [-0.2, -0.15) is 13.2 Å². The average molecular weight is 531 g/mol. The summed E-state index contributed by atoms with van der Waals surface area (Å²) in [5, 5.41) is -0.637. The van der Waals surface area contributed by atoms with Crippen LogP contribution < -0.4 is 9.62 Å². The fourth-order valence-corrected chi connectivity index (χ4v) is 4.97. The number of carbonyl (C=O) groups is 1. The minimum absolute atomic E-state index is 0.0125. The van der Waals surface area contributed by atoms with Crippen molar-refractivity contribution in [1.29, 1.82) is 0 Å². The maximum atomic E-state index is 13.3. The number of halogens is 5. The molecule has 0 aliphatic carbocycles. The molecule has 3 aromatic rings. The van der Waals surface area contributed by atoms with Crippen LogP contribution in [0.3, 0.4) is 0 Å². The molecule has 3 heterocycles. The number of hydrogen-bond acceptors (Lipinski definition) is 5. The third-order valence-electron chi connectivity index (χ3n) is 5.05. The summed E-state index contributed by atoms with van der Waals surface area (Å²) in [5.74, 6) is -0.210. The Morgan fingerprint density at radius 3 is 2.62 bits per heavy atom. The van der Waals surface area contributed by atoms with Crippen LogP contribution in [0.4, 0.5) is 24.7 Å². The lowest BCUT2D eigenvalue weighted by atomic mass is 10.1. The zero-order chi connectivity index (χ0) is 24.7. The maximum absolute atomic E-state index is 13.3. The van der Waals surface area contributed by atoms with Crippen LogP contribution in [0.25, 0.3) is 0 Å². The third kappa shape index (κ3) is 4.82. The van der Waals surface area contributed by atoms with Gasteiger partial charge < -0.3 is 0 Å². The molecule has 7 nitrogen and oxygen atoms in total. The van der Waals surface area contributed by atoms with Crippen molar-refractivity contribution in [2.45, 2.75) is 23.9 Å². The number of fused-ring (bicyclic) bond motifs is 1. The number of pyridine rings is 2. The molecule has 0 saturated carbocycles. The van der Waals surface area contributed by atoms with Gasteiger partial charge in [-0.05, 0) is 48.7 Å². The molecule has 178 valence electrons. The van der Waals surface area contributed by atoms with E-state index in [-0.39, 0.29) is 16.4 Å². The van der Waals surface area contributed by atoms with Gasteiger partial charge >= 0.3 is 6.18 Å².